The van der Waals surface area contributed by atoms with E-state index in [0.717, 1.165) is 44.6 Å². The van der Waals surface area contributed by atoms with Gasteiger partial charge in [0.15, 0.2) is 0 Å². The van der Waals surface area contributed by atoms with Gasteiger partial charge in [0.1, 0.15) is 5.82 Å². The molecule has 11 heteroatoms. The van der Waals surface area contributed by atoms with Crippen LogP contribution in [0.4, 0.5) is 23.9 Å². The van der Waals surface area contributed by atoms with Crippen LogP contribution in [0.3, 0.4) is 0 Å². The monoisotopic (exact) mass is 467 g/mol. The molecule has 2 fully saturated rings. The summed E-state index contributed by atoms with van der Waals surface area (Å²) in [4.78, 5) is 28.0. The molecule has 1 aromatic heterocycles. The summed E-state index contributed by atoms with van der Waals surface area (Å²) in [5.74, 6) is -0.578. The average molecular weight is 467 g/mol. The highest BCUT2D eigenvalue weighted by Crippen LogP contribution is 2.31. The van der Waals surface area contributed by atoms with E-state index in [0.29, 0.717) is 17.8 Å². The van der Waals surface area contributed by atoms with Crippen LogP contribution in [-0.4, -0.2) is 56.5 Å². The molecular weight excluding hydrogens is 439 g/mol. The number of hydrogen-bond acceptors (Lipinski definition) is 4. The van der Waals surface area contributed by atoms with Gasteiger partial charge in [0.05, 0.1) is 0 Å². The number of likely N-dealkylation sites (tertiary alicyclic amines) is 1. The number of halogens is 3. The fourth-order valence-electron chi connectivity index (χ4n) is 4.22. The number of carboxylic acids is 1. The van der Waals surface area contributed by atoms with Crippen LogP contribution in [-0.2, 0) is 4.79 Å². The van der Waals surface area contributed by atoms with Crippen LogP contribution in [0.25, 0.3) is 0 Å². The topological polar surface area (TPSA) is 111 Å². The minimum atomic E-state index is -5.08. The van der Waals surface area contributed by atoms with Crippen molar-refractivity contribution in [3.05, 3.63) is 41.7 Å². The molecule has 1 saturated heterocycles. The molecule has 180 valence electrons. The number of hydrogen-bond donors (Lipinski definition) is 3. The van der Waals surface area contributed by atoms with Gasteiger partial charge in [0.25, 0.3) is 0 Å². The number of amides is 2. The second-order valence-corrected chi connectivity index (χ2v) is 8.31. The molecule has 2 aromatic rings. The van der Waals surface area contributed by atoms with Crippen LogP contribution in [0.15, 0.2) is 30.3 Å². The second kappa shape index (κ2) is 11.2. The first-order chi connectivity index (χ1) is 15.7. The Labute approximate surface area is 189 Å². The molecule has 33 heavy (non-hydrogen) atoms. The fourth-order valence-corrected chi connectivity index (χ4v) is 4.22. The molecule has 1 saturated carbocycles. The van der Waals surface area contributed by atoms with Crippen molar-refractivity contribution in [2.24, 2.45) is 0 Å². The van der Waals surface area contributed by atoms with Crippen LogP contribution in [0, 0.1) is 0 Å². The van der Waals surface area contributed by atoms with Gasteiger partial charge in [-0.15, -0.1) is 5.10 Å². The molecule has 2 aliphatic rings. The number of H-pyrrole nitrogens is 1. The maximum Gasteiger partial charge on any atom is 0.490 e. The minimum Gasteiger partial charge on any atom is -0.475 e. The molecule has 3 N–H and O–H groups in total. The SMILES string of the molecule is O=C(Nc1n[nH]c(C2CCCCC2)n1)N1CCCC(c2ccccc2)C1.O=C(O)C(F)(F)F. The number of nitrogens with zero attached hydrogens (tertiary/aromatic N) is 3. The van der Waals surface area contributed by atoms with Gasteiger partial charge < -0.3 is 10.0 Å². The third-order valence-corrected chi connectivity index (χ3v) is 5.94. The zero-order valence-corrected chi connectivity index (χ0v) is 18.1. The standard InChI is InChI=1S/C20H27N5O.C2HF3O2/c26-20(22-19-21-18(23-24-19)16-10-5-2-6-11-16)25-13-7-12-17(14-25)15-8-3-1-4-9-15;3-2(4,5)1(6)7/h1,3-4,8-9,16-17H,2,5-7,10-14H2,(H2,21,22,23,24,26);(H,6,7). The molecule has 0 bridgehead atoms. The minimum absolute atomic E-state index is 0.0974. The lowest BCUT2D eigenvalue weighted by atomic mass is 9.89. The van der Waals surface area contributed by atoms with Gasteiger partial charge in [-0.3, -0.25) is 10.4 Å². The van der Waals surface area contributed by atoms with E-state index in [9.17, 15) is 18.0 Å². The van der Waals surface area contributed by atoms with Crippen LogP contribution in [0.2, 0.25) is 0 Å². The van der Waals surface area contributed by atoms with E-state index < -0.39 is 12.1 Å². The molecule has 2 amide bonds. The molecule has 8 nitrogen and oxygen atoms in total. The van der Waals surface area contributed by atoms with E-state index in [-0.39, 0.29) is 6.03 Å². The zero-order valence-electron chi connectivity index (χ0n) is 18.1. The van der Waals surface area contributed by atoms with Gasteiger partial charge in [0.2, 0.25) is 5.95 Å². The first-order valence-electron chi connectivity index (χ1n) is 11.1. The molecular formula is C22H28F3N5O3. The number of piperidine rings is 1. The summed E-state index contributed by atoms with van der Waals surface area (Å²) in [5.41, 5.74) is 1.31. The van der Waals surface area contributed by atoms with Gasteiger partial charge in [-0.25, -0.2) is 9.59 Å². The van der Waals surface area contributed by atoms with E-state index in [1.807, 2.05) is 11.0 Å². The molecule has 4 rings (SSSR count). The zero-order chi connectivity index (χ0) is 23.8. The Morgan fingerprint density at radius 1 is 1.03 bits per heavy atom. The van der Waals surface area contributed by atoms with Crippen molar-refractivity contribution in [2.75, 3.05) is 18.4 Å². The van der Waals surface area contributed by atoms with Crippen LogP contribution >= 0.6 is 0 Å². The van der Waals surface area contributed by atoms with Crippen LogP contribution < -0.4 is 5.32 Å². The predicted octanol–water partition coefficient (Wildman–Crippen LogP) is 4.90. The van der Waals surface area contributed by atoms with Crippen molar-refractivity contribution in [1.82, 2.24) is 20.1 Å². The smallest absolute Gasteiger partial charge is 0.475 e. The number of rotatable bonds is 3. The highest BCUT2D eigenvalue weighted by Gasteiger charge is 2.38. The summed E-state index contributed by atoms with van der Waals surface area (Å²) in [6, 6.07) is 10.4. The number of aliphatic carboxylic acids is 1. The molecule has 1 atom stereocenters. The maximum absolute atomic E-state index is 12.7. The molecule has 0 radical (unpaired) electrons. The molecule has 2 heterocycles. The number of anilines is 1. The summed E-state index contributed by atoms with van der Waals surface area (Å²) < 4.78 is 31.7. The van der Waals surface area contributed by atoms with Gasteiger partial charge >= 0.3 is 18.2 Å². The highest BCUT2D eigenvalue weighted by molar-refractivity contribution is 5.87. The van der Waals surface area contributed by atoms with Crippen molar-refractivity contribution in [2.45, 2.75) is 63.0 Å². The van der Waals surface area contributed by atoms with Gasteiger partial charge in [-0.05, 0) is 31.2 Å². The van der Waals surface area contributed by atoms with E-state index >= 15 is 0 Å². The maximum atomic E-state index is 12.7. The van der Waals surface area contributed by atoms with E-state index in [2.05, 4.69) is 44.8 Å². The first-order valence-corrected chi connectivity index (χ1v) is 11.1. The van der Waals surface area contributed by atoms with Gasteiger partial charge in [-0.1, -0.05) is 49.6 Å². The fraction of sp³-hybridized carbons (Fsp3) is 0.545. The first kappa shape index (κ1) is 24.5. The number of benzene rings is 1. The van der Waals surface area contributed by atoms with Crippen LogP contribution in [0.5, 0.6) is 0 Å². The summed E-state index contributed by atoms with van der Waals surface area (Å²) in [6.07, 6.45) is 3.20. The van der Waals surface area contributed by atoms with E-state index in [1.165, 1.54) is 24.8 Å². The quantitative estimate of drug-likeness (QED) is 0.595. The largest absolute Gasteiger partial charge is 0.490 e. The predicted molar refractivity (Wildman–Crippen MR) is 115 cm³/mol. The Morgan fingerprint density at radius 3 is 2.30 bits per heavy atom. The number of carboxylic acid groups (broad SMARTS) is 1. The third-order valence-electron chi connectivity index (χ3n) is 5.94. The Kier molecular flexibility index (Phi) is 8.29. The van der Waals surface area contributed by atoms with Crippen molar-refractivity contribution in [3.63, 3.8) is 0 Å². The second-order valence-electron chi connectivity index (χ2n) is 8.31. The Hall–Kier alpha value is -3.11. The van der Waals surface area contributed by atoms with Crippen molar-refractivity contribution >= 4 is 17.9 Å². The van der Waals surface area contributed by atoms with E-state index in [4.69, 9.17) is 9.90 Å². The number of carbonyl (C=O) groups is 2. The Morgan fingerprint density at radius 2 is 1.67 bits per heavy atom. The van der Waals surface area contributed by atoms with Crippen molar-refractivity contribution in [3.8, 4) is 0 Å². The van der Waals surface area contributed by atoms with Crippen LogP contribution in [0.1, 0.15) is 68.2 Å². The Balaban J connectivity index is 0.000000383. The Bertz CT molecular complexity index is 914. The van der Waals surface area contributed by atoms with Gasteiger partial charge in [0, 0.05) is 24.9 Å². The number of nitrogens with one attached hydrogen (secondary N) is 2. The molecule has 1 aromatic carbocycles. The summed E-state index contributed by atoms with van der Waals surface area (Å²) >= 11 is 0. The molecule has 1 unspecified atom stereocenters. The lowest BCUT2D eigenvalue weighted by Gasteiger charge is -2.32. The normalized spacial score (nSPS) is 19.4. The lowest BCUT2D eigenvalue weighted by Crippen LogP contribution is -2.41. The summed E-state index contributed by atoms with van der Waals surface area (Å²) in [7, 11) is 0. The number of aromatic amines is 1. The highest BCUT2D eigenvalue weighted by atomic mass is 19.4. The van der Waals surface area contributed by atoms with E-state index in [1.54, 1.807) is 0 Å². The van der Waals surface area contributed by atoms with Gasteiger partial charge in [-0.2, -0.15) is 18.2 Å². The lowest BCUT2D eigenvalue weighted by molar-refractivity contribution is -0.192. The number of urea groups is 1. The average Bonchev–Trinajstić information content (AvgIpc) is 3.28. The third kappa shape index (κ3) is 7.19. The van der Waals surface area contributed by atoms with Crippen molar-refractivity contribution < 1.29 is 27.9 Å². The van der Waals surface area contributed by atoms with Crippen molar-refractivity contribution in [1.29, 1.82) is 0 Å². The number of aromatic nitrogens is 3. The number of alkyl halides is 3. The summed E-state index contributed by atoms with van der Waals surface area (Å²) in [5, 5.41) is 17.2. The molecule has 0 spiro atoms. The molecule has 1 aliphatic carbocycles. The number of carbonyl (C=O) groups excluding carboxylic acids is 1. The molecule has 1 aliphatic heterocycles. The summed E-state index contributed by atoms with van der Waals surface area (Å²) in [6.45, 7) is 1.53.